The lowest BCUT2D eigenvalue weighted by Crippen LogP contribution is -2.51. The van der Waals surface area contributed by atoms with E-state index < -0.39 is 0 Å². The van der Waals surface area contributed by atoms with Gasteiger partial charge in [-0.15, -0.1) is 0 Å². The third-order valence-corrected chi connectivity index (χ3v) is 7.35. The van der Waals surface area contributed by atoms with E-state index in [0.29, 0.717) is 11.8 Å². The molecule has 0 radical (unpaired) electrons. The van der Waals surface area contributed by atoms with Crippen LogP contribution in [0.5, 0.6) is 0 Å². The van der Waals surface area contributed by atoms with E-state index in [1.165, 1.54) is 31.4 Å². The van der Waals surface area contributed by atoms with Gasteiger partial charge in [-0.1, -0.05) is 0 Å². The lowest BCUT2D eigenvalue weighted by Gasteiger charge is -2.47. The van der Waals surface area contributed by atoms with Gasteiger partial charge in [-0.3, -0.25) is 0 Å². The summed E-state index contributed by atoms with van der Waals surface area (Å²) < 4.78 is 6.11. The maximum Gasteiger partial charge on any atom is 0.0784 e. The summed E-state index contributed by atoms with van der Waals surface area (Å²) >= 11 is 2.03. The van der Waals surface area contributed by atoms with Crippen LogP contribution in [0.2, 0.25) is 0 Å². The first-order valence-corrected chi connectivity index (χ1v) is 8.80. The zero-order valence-electron chi connectivity index (χ0n) is 11.1. The van der Waals surface area contributed by atoms with Crippen LogP contribution in [0.25, 0.3) is 0 Å². The van der Waals surface area contributed by atoms with Crippen molar-refractivity contribution in [2.24, 2.45) is 17.8 Å². The second-order valence-corrected chi connectivity index (χ2v) is 8.20. The van der Waals surface area contributed by atoms with Crippen LogP contribution in [0.1, 0.15) is 44.9 Å². The molecule has 2 saturated carbocycles. The molecule has 1 N–H and O–H groups in total. The Bertz CT molecular complexity index is 339. The number of hydrogen-bond acceptors (Lipinski definition) is 3. The smallest absolute Gasteiger partial charge is 0.0784 e. The molecule has 4 fully saturated rings. The van der Waals surface area contributed by atoms with Gasteiger partial charge < -0.3 is 9.84 Å². The van der Waals surface area contributed by atoms with E-state index in [1.54, 1.807) is 0 Å². The highest BCUT2D eigenvalue weighted by Gasteiger charge is 2.56. The molecule has 4 rings (SSSR count). The van der Waals surface area contributed by atoms with Gasteiger partial charge in [0.1, 0.15) is 0 Å². The average Bonchev–Trinajstić information content (AvgIpc) is 3.06. The Morgan fingerprint density at radius 2 is 2.06 bits per heavy atom. The molecule has 102 valence electrons. The van der Waals surface area contributed by atoms with Gasteiger partial charge in [0.05, 0.1) is 11.2 Å². The fourth-order valence-corrected chi connectivity index (χ4v) is 6.54. The molecular formula is C15H24O2S. The Kier molecular flexibility index (Phi) is 2.76. The minimum atomic E-state index is -0.326. The molecule has 5 unspecified atom stereocenters. The van der Waals surface area contributed by atoms with Crippen LogP contribution in [-0.2, 0) is 4.74 Å². The third kappa shape index (κ3) is 1.70. The van der Waals surface area contributed by atoms with Crippen molar-refractivity contribution in [3.05, 3.63) is 0 Å². The van der Waals surface area contributed by atoms with Gasteiger partial charge in [-0.2, -0.15) is 11.8 Å². The SMILES string of the molecule is OC1(C2CCOC3(CCSC3)C2)CC2CCC1C2. The number of rotatable bonds is 1. The van der Waals surface area contributed by atoms with E-state index in [9.17, 15) is 5.11 Å². The summed E-state index contributed by atoms with van der Waals surface area (Å²) in [5.74, 6) is 4.36. The molecule has 18 heavy (non-hydrogen) atoms. The van der Waals surface area contributed by atoms with E-state index in [4.69, 9.17) is 4.74 Å². The lowest BCUT2D eigenvalue weighted by molar-refractivity contribution is -0.148. The first kappa shape index (κ1) is 12.0. The van der Waals surface area contributed by atoms with Crippen molar-refractivity contribution in [2.75, 3.05) is 18.1 Å². The highest BCUT2D eigenvalue weighted by Crippen LogP contribution is 2.57. The Balaban J connectivity index is 1.54. The largest absolute Gasteiger partial charge is 0.389 e. The minimum Gasteiger partial charge on any atom is -0.389 e. The molecule has 2 aliphatic heterocycles. The Morgan fingerprint density at radius 3 is 2.72 bits per heavy atom. The van der Waals surface area contributed by atoms with Crippen LogP contribution < -0.4 is 0 Å². The summed E-state index contributed by atoms with van der Waals surface area (Å²) in [5.41, 5.74) is -0.196. The molecule has 5 atom stereocenters. The second kappa shape index (κ2) is 4.13. The highest BCUT2D eigenvalue weighted by atomic mass is 32.2. The quantitative estimate of drug-likeness (QED) is 0.793. The molecule has 2 saturated heterocycles. The summed E-state index contributed by atoms with van der Waals surface area (Å²) in [6.45, 7) is 0.880. The molecule has 2 heterocycles. The van der Waals surface area contributed by atoms with Gasteiger partial charge in [0.25, 0.3) is 0 Å². The monoisotopic (exact) mass is 268 g/mol. The molecular weight excluding hydrogens is 244 g/mol. The number of ether oxygens (including phenoxy) is 1. The van der Waals surface area contributed by atoms with Crippen molar-refractivity contribution in [3.63, 3.8) is 0 Å². The minimum absolute atomic E-state index is 0.130. The Hall–Kier alpha value is 0.270. The summed E-state index contributed by atoms with van der Waals surface area (Å²) in [6, 6.07) is 0. The van der Waals surface area contributed by atoms with Crippen molar-refractivity contribution in [2.45, 2.75) is 56.1 Å². The first-order valence-electron chi connectivity index (χ1n) is 7.64. The molecule has 2 bridgehead atoms. The molecule has 0 aromatic carbocycles. The predicted molar refractivity (Wildman–Crippen MR) is 73.7 cm³/mol. The van der Waals surface area contributed by atoms with Gasteiger partial charge in [0.2, 0.25) is 0 Å². The van der Waals surface area contributed by atoms with Crippen molar-refractivity contribution < 1.29 is 9.84 Å². The summed E-state index contributed by atoms with van der Waals surface area (Å²) in [6.07, 6.45) is 8.46. The molecule has 3 heteroatoms. The van der Waals surface area contributed by atoms with Crippen LogP contribution in [-0.4, -0.2) is 34.4 Å². The van der Waals surface area contributed by atoms with Gasteiger partial charge in [0.15, 0.2) is 0 Å². The maximum atomic E-state index is 11.2. The van der Waals surface area contributed by atoms with Crippen LogP contribution in [0.4, 0.5) is 0 Å². The van der Waals surface area contributed by atoms with E-state index in [-0.39, 0.29) is 11.2 Å². The van der Waals surface area contributed by atoms with Crippen LogP contribution in [0, 0.1) is 17.8 Å². The lowest BCUT2D eigenvalue weighted by atomic mass is 9.68. The number of fused-ring (bicyclic) bond motifs is 2. The van der Waals surface area contributed by atoms with Crippen molar-refractivity contribution >= 4 is 11.8 Å². The van der Waals surface area contributed by atoms with E-state index >= 15 is 0 Å². The molecule has 0 aromatic heterocycles. The summed E-state index contributed by atoms with van der Waals surface area (Å²) in [4.78, 5) is 0. The predicted octanol–water partition coefficient (Wildman–Crippen LogP) is 2.84. The fourth-order valence-electron chi connectivity index (χ4n) is 5.16. The van der Waals surface area contributed by atoms with Crippen LogP contribution in [0.15, 0.2) is 0 Å². The molecule has 0 amide bonds. The fraction of sp³-hybridized carbons (Fsp3) is 1.00. The molecule has 1 spiro atoms. The zero-order chi connectivity index (χ0) is 12.2. The summed E-state index contributed by atoms with van der Waals surface area (Å²) in [5, 5.41) is 11.2. The van der Waals surface area contributed by atoms with E-state index in [2.05, 4.69) is 0 Å². The maximum absolute atomic E-state index is 11.2. The highest BCUT2D eigenvalue weighted by molar-refractivity contribution is 7.99. The van der Waals surface area contributed by atoms with E-state index in [1.807, 2.05) is 11.8 Å². The average molecular weight is 268 g/mol. The van der Waals surface area contributed by atoms with Crippen molar-refractivity contribution in [1.29, 1.82) is 0 Å². The van der Waals surface area contributed by atoms with E-state index in [0.717, 1.165) is 37.5 Å². The van der Waals surface area contributed by atoms with Gasteiger partial charge in [-0.25, -0.2) is 0 Å². The number of thioether (sulfide) groups is 1. The van der Waals surface area contributed by atoms with Gasteiger partial charge in [-0.05, 0) is 68.5 Å². The van der Waals surface area contributed by atoms with Crippen molar-refractivity contribution in [1.82, 2.24) is 0 Å². The van der Waals surface area contributed by atoms with Gasteiger partial charge in [0, 0.05) is 12.4 Å². The third-order valence-electron chi connectivity index (χ3n) is 6.13. The molecule has 2 nitrogen and oxygen atoms in total. The van der Waals surface area contributed by atoms with Crippen LogP contribution in [0.3, 0.4) is 0 Å². The number of hydrogen-bond donors (Lipinski definition) is 1. The van der Waals surface area contributed by atoms with Crippen LogP contribution >= 0.6 is 11.8 Å². The number of aliphatic hydroxyl groups is 1. The first-order chi connectivity index (χ1) is 8.70. The van der Waals surface area contributed by atoms with Crippen molar-refractivity contribution in [3.8, 4) is 0 Å². The van der Waals surface area contributed by atoms with Gasteiger partial charge >= 0.3 is 0 Å². The Labute approximate surface area is 114 Å². The zero-order valence-corrected chi connectivity index (χ0v) is 11.9. The molecule has 0 aromatic rings. The standard InChI is InChI=1S/C15H24O2S/c16-15(8-11-1-2-12(15)7-11)13-3-5-17-14(9-13)4-6-18-10-14/h11-13,16H,1-10H2. The Morgan fingerprint density at radius 1 is 1.11 bits per heavy atom. The summed E-state index contributed by atoms with van der Waals surface area (Å²) in [7, 11) is 0. The topological polar surface area (TPSA) is 29.5 Å². The molecule has 2 aliphatic carbocycles. The molecule has 4 aliphatic rings. The second-order valence-electron chi connectivity index (χ2n) is 7.10. The normalized spacial score (nSPS) is 55.5.